The second-order valence-electron chi connectivity index (χ2n) is 8.23. The van der Waals surface area contributed by atoms with Crippen LogP contribution in [0.4, 0.5) is 9.59 Å². The Bertz CT molecular complexity index is 538. The molecule has 2 rings (SSSR count). The van der Waals surface area contributed by atoms with Crippen molar-refractivity contribution in [2.24, 2.45) is 5.92 Å². The molecule has 0 aromatic rings. The Labute approximate surface area is 161 Å². The summed E-state index contributed by atoms with van der Waals surface area (Å²) in [7, 11) is 0. The van der Waals surface area contributed by atoms with E-state index in [1.54, 1.807) is 16.7 Å². The molecule has 2 aliphatic heterocycles. The van der Waals surface area contributed by atoms with Crippen LogP contribution in [-0.2, 0) is 14.3 Å². The first-order chi connectivity index (χ1) is 12.7. The molecule has 2 aliphatic rings. The lowest BCUT2D eigenvalue weighted by molar-refractivity contribution is -0.127. The Morgan fingerprint density at radius 1 is 1.00 bits per heavy atom. The summed E-state index contributed by atoms with van der Waals surface area (Å²) in [6.45, 7) is 9.84. The third-order valence-electron chi connectivity index (χ3n) is 4.81. The summed E-state index contributed by atoms with van der Waals surface area (Å²) in [5, 5.41) is 3.09. The van der Waals surface area contributed by atoms with Crippen LogP contribution in [-0.4, -0.2) is 72.3 Å². The van der Waals surface area contributed by atoms with E-state index < -0.39 is 5.60 Å². The van der Waals surface area contributed by atoms with Gasteiger partial charge in [-0.3, -0.25) is 4.79 Å². The highest BCUT2D eigenvalue weighted by Gasteiger charge is 2.32. The second-order valence-corrected chi connectivity index (χ2v) is 8.23. The van der Waals surface area contributed by atoms with E-state index in [0.717, 1.165) is 12.8 Å². The van der Waals surface area contributed by atoms with Gasteiger partial charge in [0.2, 0.25) is 5.91 Å². The number of amides is 3. The molecule has 8 nitrogen and oxygen atoms in total. The van der Waals surface area contributed by atoms with E-state index in [0.29, 0.717) is 45.6 Å². The summed E-state index contributed by atoms with van der Waals surface area (Å²) in [5.41, 5.74) is -0.542. The molecule has 0 radical (unpaired) electrons. The van der Waals surface area contributed by atoms with Gasteiger partial charge in [0, 0.05) is 32.2 Å². The summed E-state index contributed by atoms with van der Waals surface area (Å²) in [5.74, 6) is -0.229. The normalized spacial score (nSPS) is 21.6. The van der Waals surface area contributed by atoms with Crippen molar-refractivity contribution in [3.05, 3.63) is 0 Å². The minimum Gasteiger partial charge on any atom is -0.450 e. The van der Waals surface area contributed by atoms with Crippen LogP contribution in [0.15, 0.2) is 0 Å². The maximum absolute atomic E-state index is 12.6. The van der Waals surface area contributed by atoms with Crippen LogP contribution in [0.3, 0.4) is 0 Å². The quantitative estimate of drug-likeness (QED) is 0.808. The number of nitrogens with one attached hydrogen (secondary N) is 1. The lowest BCUT2D eigenvalue weighted by atomic mass is 9.96. The van der Waals surface area contributed by atoms with Crippen molar-refractivity contribution in [1.82, 2.24) is 15.1 Å². The van der Waals surface area contributed by atoms with Gasteiger partial charge in [-0.1, -0.05) is 0 Å². The molecular weight excluding hydrogens is 350 g/mol. The third-order valence-corrected chi connectivity index (χ3v) is 4.81. The van der Waals surface area contributed by atoms with Gasteiger partial charge in [0.25, 0.3) is 0 Å². The Morgan fingerprint density at radius 2 is 1.67 bits per heavy atom. The number of hydrogen-bond donors (Lipinski definition) is 1. The van der Waals surface area contributed by atoms with Gasteiger partial charge in [-0.25, -0.2) is 9.59 Å². The molecule has 0 bridgehead atoms. The van der Waals surface area contributed by atoms with Crippen LogP contribution >= 0.6 is 0 Å². The maximum atomic E-state index is 12.6. The predicted molar refractivity (Wildman–Crippen MR) is 100 cm³/mol. The molecule has 0 aliphatic carbocycles. The Balaban J connectivity index is 1.79. The van der Waals surface area contributed by atoms with Crippen molar-refractivity contribution >= 4 is 18.1 Å². The minimum atomic E-state index is -0.542. The molecule has 1 N–H and O–H groups in total. The minimum absolute atomic E-state index is 0.0159. The van der Waals surface area contributed by atoms with Crippen LogP contribution in [0.1, 0.15) is 53.4 Å². The van der Waals surface area contributed by atoms with Crippen LogP contribution in [0, 0.1) is 5.92 Å². The fourth-order valence-electron chi connectivity index (χ4n) is 3.42. The maximum Gasteiger partial charge on any atom is 0.410 e. The summed E-state index contributed by atoms with van der Waals surface area (Å²) in [6, 6.07) is 0.0556. The van der Waals surface area contributed by atoms with Crippen molar-refractivity contribution in [3.8, 4) is 0 Å². The van der Waals surface area contributed by atoms with Gasteiger partial charge < -0.3 is 24.6 Å². The molecule has 0 aromatic carbocycles. The molecule has 27 heavy (non-hydrogen) atoms. The van der Waals surface area contributed by atoms with Crippen LogP contribution in [0.5, 0.6) is 0 Å². The lowest BCUT2D eigenvalue weighted by Gasteiger charge is -2.35. The summed E-state index contributed by atoms with van der Waals surface area (Å²) in [4.78, 5) is 39.9. The number of carbonyl (C=O) groups is 3. The molecular formula is C19H33N3O5. The van der Waals surface area contributed by atoms with Crippen molar-refractivity contribution < 1.29 is 23.9 Å². The van der Waals surface area contributed by atoms with Crippen molar-refractivity contribution in [1.29, 1.82) is 0 Å². The number of ether oxygens (including phenoxy) is 2. The molecule has 2 fully saturated rings. The molecule has 0 aromatic heterocycles. The van der Waals surface area contributed by atoms with Gasteiger partial charge in [0.1, 0.15) is 5.60 Å². The van der Waals surface area contributed by atoms with E-state index in [1.165, 1.54) is 0 Å². The van der Waals surface area contributed by atoms with Gasteiger partial charge in [0.05, 0.1) is 12.5 Å². The summed E-state index contributed by atoms with van der Waals surface area (Å²) in [6.07, 6.45) is 2.34. The Kier molecular flexibility index (Phi) is 7.33. The van der Waals surface area contributed by atoms with E-state index in [4.69, 9.17) is 9.47 Å². The van der Waals surface area contributed by atoms with Crippen LogP contribution in [0.2, 0.25) is 0 Å². The first-order valence-corrected chi connectivity index (χ1v) is 9.89. The van der Waals surface area contributed by atoms with Gasteiger partial charge in [-0.2, -0.15) is 0 Å². The fraction of sp³-hybridized carbons (Fsp3) is 0.842. The monoisotopic (exact) mass is 383 g/mol. The van der Waals surface area contributed by atoms with Gasteiger partial charge in [-0.15, -0.1) is 0 Å². The predicted octanol–water partition coefficient (Wildman–Crippen LogP) is 2.37. The van der Waals surface area contributed by atoms with Crippen molar-refractivity contribution in [2.45, 2.75) is 65.0 Å². The van der Waals surface area contributed by atoms with E-state index in [-0.39, 0.29) is 30.1 Å². The number of likely N-dealkylation sites (tertiary alicyclic amines) is 2. The molecule has 0 saturated carbocycles. The number of nitrogens with zero attached hydrogens (tertiary/aromatic N) is 2. The first-order valence-electron chi connectivity index (χ1n) is 9.89. The Hall–Kier alpha value is -1.99. The zero-order valence-electron chi connectivity index (χ0n) is 17.0. The first kappa shape index (κ1) is 21.3. The number of piperidine rings is 2. The smallest absolute Gasteiger partial charge is 0.410 e. The standard InChI is InChI=1S/C19H33N3O5/c1-5-26-17(24)21-11-8-15(9-12-21)20-16(23)14-7-6-10-22(13-14)18(25)27-19(2,3)4/h14-15H,5-13H2,1-4H3,(H,20,23). The highest BCUT2D eigenvalue weighted by atomic mass is 16.6. The topological polar surface area (TPSA) is 88.2 Å². The zero-order chi connectivity index (χ0) is 20.0. The Morgan fingerprint density at radius 3 is 2.26 bits per heavy atom. The van der Waals surface area contributed by atoms with Crippen LogP contribution < -0.4 is 5.32 Å². The third kappa shape index (κ3) is 6.59. The molecule has 2 saturated heterocycles. The van der Waals surface area contributed by atoms with E-state index in [1.807, 2.05) is 20.8 Å². The average Bonchev–Trinajstić information content (AvgIpc) is 2.61. The summed E-state index contributed by atoms with van der Waals surface area (Å²) < 4.78 is 10.4. The zero-order valence-corrected chi connectivity index (χ0v) is 17.0. The van der Waals surface area contributed by atoms with E-state index in [2.05, 4.69) is 5.32 Å². The SMILES string of the molecule is CCOC(=O)N1CCC(NC(=O)C2CCCN(C(=O)OC(C)(C)C)C2)CC1. The van der Waals surface area contributed by atoms with E-state index in [9.17, 15) is 14.4 Å². The highest BCUT2D eigenvalue weighted by Crippen LogP contribution is 2.20. The molecule has 1 unspecified atom stereocenters. The largest absolute Gasteiger partial charge is 0.450 e. The number of hydrogen-bond acceptors (Lipinski definition) is 5. The van der Waals surface area contributed by atoms with Gasteiger partial charge in [0.15, 0.2) is 0 Å². The average molecular weight is 383 g/mol. The summed E-state index contributed by atoms with van der Waals surface area (Å²) >= 11 is 0. The van der Waals surface area contributed by atoms with Crippen molar-refractivity contribution in [3.63, 3.8) is 0 Å². The molecule has 1 atom stereocenters. The molecule has 0 spiro atoms. The fourth-order valence-corrected chi connectivity index (χ4v) is 3.42. The molecule has 154 valence electrons. The molecule has 8 heteroatoms. The van der Waals surface area contributed by atoms with E-state index >= 15 is 0 Å². The van der Waals surface area contributed by atoms with Crippen LogP contribution in [0.25, 0.3) is 0 Å². The lowest BCUT2D eigenvalue weighted by Crippen LogP contribution is -2.51. The molecule has 2 heterocycles. The number of rotatable bonds is 3. The van der Waals surface area contributed by atoms with Crippen molar-refractivity contribution in [2.75, 3.05) is 32.8 Å². The highest BCUT2D eigenvalue weighted by molar-refractivity contribution is 5.80. The number of carbonyl (C=O) groups excluding carboxylic acids is 3. The van der Waals surface area contributed by atoms with Gasteiger partial charge >= 0.3 is 12.2 Å². The van der Waals surface area contributed by atoms with Gasteiger partial charge in [-0.05, 0) is 53.4 Å². The molecule has 3 amide bonds. The second kappa shape index (κ2) is 9.28.